The number of pyridine rings is 1. The fourth-order valence-electron chi connectivity index (χ4n) is 3.60. The molecule has 4 aromatic rings. The lowest BCUT2D eigenvalue weighted by Gasteiger charge is -2.22. The van der Waals surface area contributed by atoms with Gasteiger partial charge in [-0.1, -0.05) is 11.6 Å². The number of benzene rings is 1. The number of nitrogens with one attached hydrogen (secondary N) is 1. The van der Waals surface area contributed by atoms with Crippen molar-refractivity contribution in [3.8, 4) is 22.6 Å². The maximum Gasteiger partial charge on any atom is 0.231 e. The van der Waals surface area contributed by atoms with Gasteiger partial charge in [0.15, 0.2) is 5.58 Å². The van der Waals surface area contributed by atoms with Crippen molar-refractivity contribution in [2.75, 3.05) is 18.8 Å². The summed E-state index contributed by atoms with van der Waals surface area (Å²) < 4.78 is 21.4. The minimum absolute atomic E-state index is 0.0116. The summed E-state index contributed by atoms with van der Waals surface area (Å²) in [6.45, 7) is 1.99. The van der Waals surface area contributed by atoms with E-state index in [0.717, 1.165) is 37.1 Å². The van der Waals surface area contributed by atoms with Gasteiger partial charge in [0.2, 0.25) is 5.89 Å². The van der Waals surface area contributed by atoms with Crippen LogP contribution in [0.15, 0.2) is 41.2 Å². The fraction of sp³-hybridized carbons (Fsp3) is 0.250. The molecule has 0 amide bonds. The molecule has 0 bridgehead atoms. The Hall–Kier alpha value is -2.97. The lowest BCUT2D eigenvalue weighted by molar-refractivity contribution is 0.343. The first-order valence-electron chi connectivity index (χ1n) is 9.35. The van der Waals surface area contributed by atoms with Gasteiger partial charge in [-0.05, 0) is 38.1 Å². The third kappa shape index (κ3) is 3.34. The van der Waals surface area contributed by atoms with Crippen LogP contribution in [0.5, 0.6) is 0 Å². The molecule has 0 saturated carbocycles. The number of fused-ring (bicyclic) bond motifs is 1. The third-order valence-corrected chi connectivity index (χ3v) is 5.49. The Labute approximate surface area is 170 Å². The number of hydrogen-bond donors (Lipinski definition) is 2. The maximum absolute atomic E-state index is 13.7. The maximum atomic E-state index is 13.7. The van der Waals surface area contributed by atoms with Crippen molar-refractivity contribution < 1.29 is 8.81 Å². The Morgan fingerprint density at radius 1 is 1.17 bits per heavy atom. The molecule has 29 heavy (non-hydrogen) atoms. The van der Waals surface area contributed by atoms with Crippen LogP contribution in [0, 0.1) is 5.82 Å². The normalized spacial score (nSPS) is 15.2. The van der Waals surface area contributed by atoms with Gasteiger partial charge in [0, 0.05) is 29.6 Å². The first kappa shape index (κ1) is 18.1. The van der Waals surface area contributed by atoms with Crippen molar-refractivity contribution in [1.29, 1.82) is 0 Å². The minimum Gasteiger partial charge on any atom is -0.436 e. The van der Waals surface area contributed by atoms with Crippen molar-refractivity contribution in [3.63, 3.8) is 0 Å². The molecule has 0 atom stereocenters. The zero-order valence-electron chi connectivity index (χ0n) is 15.4. The molecular weight excluding hydrogens is 395 g/mol. The highest BCUT2D eigenvalue weighted by atomic mass is 35.5. The highest BCUT2D eigenvalue weighted by Crippen LogP contribution is 2.33. The van der Waals surface area contributed by atoms with E-state index in [1.54, 1.807) is 6.20 Å². The molecule has 7 nitrogen and oxygen atoms in total. The summed E-state index contributed by atoms with van der Waals surface area (Å²) >= 11 is 5.84. The lowest BCUT2D eigenvalue weighted by atomic mass is 10.1. The number of halogens is 2. The average Bonchev–Trinajstić information content (AvgIpc) is 3.37. The molecule has 1 aromatic carbocycles. The predicted octanol–water partition coefficient (Wildman–Crippen LogP) is 4.05. The van der Waals surface area contributed by atoms with Crippen molar-refractivity contribution in [2.24, 2.45) is 0 Å². The molecule has 0 radical (unpaired) electrons. The van der Waals surface area contributed by atoms with Crippen molar-refractivity contribution >= 4 is 28.5 Å². The van der Waals surface area contributed by atoms with E-state index >= 15 is 0 Å². The van der Waals surface area contributed by atoms with Crippen molar-refractivity contribution in [2.45, 2.75) is 18.9 Å². The topological polar surface area (TPSA) is 94.8 Å². The summed E-state index contributed by atoms with van der Waals surface area (Å²) in [7, 11) is 0. The van der Waals surface area contributed by atoms with Crippen LogP contribution < -0.4 is 11.1 Å². The molecule has 3 N–H and O–H groups in total. The molecule has 1 aliphatic rings. The second kappa shape index (κ2) is 7.13. The van der Waals surface area contributed by atoms with Gasteiger partial charge in [0.05, 0.1) is 22.8 Å². The molecule has 0 unspecified atom stereocenters. The van der Waals surface area contributed by atoms with Gasteiger partial charge in [0.1, 0.15) is 17.2 Å². The predicted molar refractivity (Wildman–Crippen MR) is 109 cm³/mol. The number of oxazole rings is 1. The third-order valence-electron chi connectivity index (χ3n) is 5.20. The Kier molecular flexibility index (Phi) is 4.44. The van der Waals surface area contributed by atoms with Crippen LogP contribution >= 0.6 is 11.6 Å². The fourth-order valence-corrected chi connectivity index (χ4v) is 3.76. The van der Waals surface area contributed by atoms with E-state index in [9.17, 15) is 4.39 Å². The van der Waals surface area contributed by atoms with Gasteiger partial charge in [0.25, 0.3) is 0 Å². The Bertz CT molecular complexity index is 1160. The minimum atomic E-state index is -0.563. The smallest absolute Gasteiger partial charge is 0.231 e. The molecule has 1 saturated heterocycles. The summed E-state index contributed by atoms with van der Waals surface area (Å²) in [6, 6.07) is 4.89. The average molecular weight is 413 g/mol. The number of anilines is 1. The van der Waals surface area contributed by atoms with Gasteiger partial charge in [-0.2, -0.15) is 5.10 Å². The van der Waals surface area contributed by atoms with Crippen LogP contribution in [0.2, 0.25) is 5.02 Å². The zero-order chi connectivity index (χ0) is 20.0. The van der Waals surface area contributed by atoms with Gasteiger partial charge in [-0.25, -0.2) is 14.4 Å². The molecule has 0 spiro atoms. The van der Waals surface area contributed by atoms with E-state index in [-0.39, 0.29) is 16.7 Å². The van der Waals surface area contributed by atoms with Gasteiger partial charge in [-0.3, -0.25) is 4.68 Å². The number of rotatable bonds is 3. The number of hydrogen-bond acceptors (Lipinski definition) is 6. The lowest BCUT2D eigenvalue weighted by Crippen LogP contribution is -2.29. The number of nitrogens with zero attached hydrogens (tertiary/aromatic N) is 4. The largest absolute Gasteiger partial charge is 0.436 e. The summed E-state index contributed by atoms with van der Waals surface area (Å²) in [5, 5.41) is 7.88. The van der Waals surface area contributed by atoms with Crippen LogP contribution in [0.3, 0.4) is 0 Å². The number of aromatic nitrogens is 4. The van der Waals surface area contributed by atoms with Gasteiger partial charge >= 0.3 is 0 Å². The number of piperidine rings is 1. The van der Waals surface area contributed by atoms with E-state index in [2.05, 4.69) is 20.4 Å². The molecule has 5 rings (SSSR count). The molecule has 3 aromatic heterocycles. The quantitative estimate of drug-likeness (QED) is 0.527. The molecule has 4 heterocycles. The molecular formula is C20H18ClFN6O. The standard InChI is InChI=1S/C20H18ClFN6O/c21-15-6-17-18(7-16(15)22)29-20(27-17)14-5-11(8-25-19(14)23)12-9-26-28(10-12)13-1-3-24-4-2-13/h5-10,13,24H,1-4H2,(H2,23,25). The second-order valence-corrected chi connectivity index (χ2v) is 7.51. The van der Waals surface area contributed by atoms with Crippen molar-refractivity contribution in [1.82, 2.24) is 25.1 Å². The monoisotopic (exact) mass is 412 g/mol. The second-order valence-electron chi connectivity index (χ2n) is 7.10. The molecule has 0 aliphatic carbocycles. The molecule has 9 heteroatoms. The summed E-state index contributed by atoms with van der Waals surface area (Å²) in [4.78, 5) is 8.68. The van der Waals surface area contributed by atoms with Crippen LogP contribution in [0.1, 0.15) is 18.9 Å². The first-order valence-corrected chi connectivity index (χ1v) is 9.73. The Balaban J connectivity index is 1.51. The van der Waals surface area contributed by atoms with Gasteiger partial charge in [-0.15, -0.1) is 0 Å². The molecule has 1 fully saturated rings. The van der Waals surface area contributed by atoms with E-state index in [1.165, 1.54) is 12.1 Å². The van der Waals surface area contributed by atoms with Crippen LogP contribution in [-0.2, 0) is 0 Å². The highest BCUT2D eigenvalue weighted by molar-refractivity contribution is 6.31. The molecule has 1 aliphatic heterocycles. The van der Waals surface area contributed by atoms with E-state index in [1.807, 2.05) is 23.1 Å². The Morgan fingerprint density at radius 2 is 2.00 bits per heavy atom. The van der Waals surface area contributed by atoms with Crippen LogP contribution in [-0.4, -0.2) is 32.8 Å². The summed E-state index contributed by atoms with van der Waals surface area (Å²) in [5.74, 6) is -0.0241. The summed E-state index contributed by atoms with van der Waals surface area (Å²) in [6.07, 6.45) is 7.64. The van der Waals surface area contributed by atoms with Crippen LogP contribution in [0.25, 0.3) is 33.7 Å². The van der Waals surface area contributed by atoms with Crippen molar-refractivity contribution in [3.05, 3.63) is 47.6 Å². The highest BCUT2D eigenvalue weighted by Gasteiger charge is 2.18. The molecule has 148 valence electrons. The van der Waals surface area contributed by atoms with E-state index in [0.29, 0.717) is 22.7 Å². The van der Waals surface area contributed by atoms with E-state index in [4.69, 9.17) is 21.8 Å². The zero-order valence-corrected chi connectivity index (χ0v) is 16.2. The van der Waals surface area contributed by atoms with Gasteiger partial charge < -0.3 is 15.5 Å². The van der Waals surface area contributed by atoms with E-state index < -0.39 is 5.82 Å². The van der Waals surface area contributed by atoms with Crippen LogP contribution in [0.4, 0.5) is 10.2 Å². The first-order chi connectivity index (χ1) is 14.1. The summed E-state index contributed by atoms with van der Waals surface area (Å²) in [5.41, 5.74) is 9.13. The number of nitrogen functional groups attached to an aromatic ring is 1. The number of nitrogens with two attached hydrogens (primary N) is 1. The Morgan fingerprint density at radius 3 is 2.83 bits per heavy atom. The SMILES string of the molecule is Nc1ncc(-c2cnn(C3CCNCC3)c2)cc1-c1nc2cc(Cl)c(F)cc2o1.